The van der Waals surface area contributed by atoms with Crippen LogP contribution in [0.3, 0.4) is 0 Å². The fourth-order valence-corrected chi connectivity index (χ4v) is 4.33. The maximum atomic E-state index is 11.6. The molecule has 0 saturated heterocycles. The molecule has 0 aliphatic carbocycles. The number of nitrogens with zero attached hydrogens (tertiary/aromatic N) is 2. The maximum Gasteiger partial charge on any atom is 0.313 e. The Bertz CT molecular complexity index is 1000. The largest absolute Gasteiger partial charge is 0.497 e. The summed E-state index contributed by atoms with van der Waals surface area (Å²) in [5, 5.41) is 11.9. The summed E-state index contributed by atoms with van der Waals surface area (Å²) >= 11 is 6.05. The van der Waals surface area contributed by atoms with Crippen LogP contribution in [0.2, 0.25) is 5.02 Å². The molecule has 0 bridgehead atoms. The summed E-state index contributed by atoms with van der Waals surface area (Å²) in [6.07, 6.45) is 3.79. The monoisotopic (exact) mass is 386 g/mol. The van der Waals surface area contributed by atoms with E-state index in [-0.39, 0.29) is 11.4 Å². The number of likely N-dealkylation sites (N-methyl/N-ethyl adjacent to an activating group) is 1. The van der Waals surface area contributed by atoms with Gasteiger partial charge in [0.2, 0.25) is 11.5 Å². The lowest BCUT2D eigenvalue weighted by Crippen LogP contribution is -2.58. The lowest BCUT2D eigenvalue weighted by molar-refractivity contribution is -0.386. The lowest BCUT2D eigenvalue weighted by Gasteiger charge is -2.45. The van der Waals surface area contributed by atoms with E-state index in [9.17, 15) is 10.1 Å². The molecule has 1 unspecified atom stereocenters. The highest BCUT2D eigenvalue weighted by Crippen LogP contribution is 2.56. The van der Waals surface area contributed by atoms with Gasteiger partial charge in [-0.25, -0.2) is 0 Å². The SMILES string of the molecule is COc1ccc2c(c1)C(C)(C)C1(C=Cc3cc(Cl)cc([N+](=O)[O-])c3O1)N2C. The van der Waals surface area contributed by atoms with Gasteiger partial charge in [-0.2, -0.15) is 0 Å². The predicted molar refractivity (Wildman–Crippen MR) is 105 cm³/mol. The Morgan fingerprint density at radius 3 is 2.67 bits per heavy atom. The molecule has 1 atom stereocenters. The number of halogens is 1. The van der Waals surface area contributed by atoms with E-state index < -0.39 is 16.1 Å². The minimum atomic E-state index is -0.909. The van der Waals surface area contributed by atoms with Gasteiger partial charge in [-0.15, -0.1) is 0 Å². The molecule has 2 aliphatic rings. The summed E-state index contributed by atoms with van der Waals surface area (Å²) < 4.78 is 11.8. The fourth-order valence-electron chi connectivity index (χ4n) is 4.11. The molecule has 2 heterocycles. The highest BCUT2D eigenvalue weighted by atomic mass is 35.5. The van der Waals surface area contributed by atoms with Gasteiger partial charge < -0.3 is 14.4 Å². The minimum absolute atomic E-state index is 0.140. The third kappa shape index (κ3) is 2.26. The van der Waals surface area contributed by atoms with Crippen molar-refractivity contribution in [1.82, 2.24) is 0 Å². The number of anilines is 1. The number of nitro benzene ring substituents is 1. The summed E-state index contributed by atoms with van der Waals surface area (Å²) in [5.41, 5.74) is 1.09. The molecule has 140 valence electrons. The van der Waals surface area contributed by atoms with Crippen molar-refractivity contribution >= 4 is 29.1 Å². The number of ether oxygens (including phenoxy) is 2. The van der Waals surface area contributed by atoms with Crippen molar-refractivity contribution in [3.8, 4) is 11.5 Å². The van der Waals surface area contributed by atoms with Gasteiger partial charge in [0.15, 0.2) is 0 Å². The molecular weight excluding hydrogens is 368 g/mol. The van der Waals surface area contributed by atoms with Crippen LogP contribution in [0.4, 0.5) is 11.4 Å². The Balaban J connectivity index is 1.91. The van der Waals surface area contributed by atoms with Gasteiger partial charge in [0, 0.05) is 29.4 Å². The first-order valence-corrected chi connectivity index (χ1v) is 8.87. The quantitative estimate of drug-likeness (QED) is 0.548. The van der Waals surface area contributed by atoms with E-state index >= 15 is 0 Å². The standard InChI is InChI=1S/C20H19ClN2O4/c1-19(2)15-11-14(26-4)5-6-16(15)22(3)20(19)8-7-12-9-13(21)10-17(23(24)25)18(12)27-20/h5-11H,1-4H3. The molecule has 0 saturated carbocycles. The van der Waals surface area contributed by atoms with Gasteiger partial charge in [-0.05, 0) is 55.8 Å². The molecule has 0 aromatic heterocycles. The lowest BCUT2D eigenvalue weighted by atomic mass is 9.76. The van der Waals surface area contributed by atoms with Crippen molar-refractivity contribution in [1.29, 1.82) is 0 Å². The van der Waals surface area contributed by atoms with Crippen molar-refractivity contribution in [2.45, 2.75) is 25.0 Å². The van der Waals surface area contributed by atoms with Crippen LogP contribution in [0.25, 0.3) is 6.08 Å². The Morgan fingerprint density at radius 1 is 1.26 bits per heavy atom. The smallest absolute Gasteiger partial charge is 0.313 e. The molecule has 2 aliphatic heterocycles. The number of nitro groups is 1. The normalized spacial score (nSPS) is 21.6. The molecule has 1 spiro atoms. The molecule has 7 heteroatoms. The Morgan fingerprint density at radius 2 is 2.00 bits per heavy atom. The van der Waals surface area contributed by atoms with E-state index in [1.807, 2.05) is 42.3 Å². The van der Waals surface area contributed by atoms with Gasteiger partial charge in [0.25, 0.3) is 0 Å². The predicted octanol–water partition coefficient (Wildman–Crippen LogP) is 4.79. The second-order valence-corrected chi connectivity index (χ2v) is 7.74. The summed E-state index contributed by atoms with van der Waals surface area (Å²) in [7, 11) is 3.56. The number of fused-ring (bicyclic) bond motifs is 2. The summed E-state index contributed by atoms with van der Waals surface area (Å²) in [6, 6.07) is 8.86. The second kappa shape index (κ2) is 5.63. The first-order valence-electron chi connectivity index (χ1n) is 8.50. The Hall–Kier alpha value is -2.73. The van der Waals surface area contributed by atoms with Crippen LogP contribution >= 0.6 is 11.6 Å². The topological polar surface area (TPSA) is 64.8 Å². The zero-order valence-corrected chi connectivity index (χ0v) is 16.2. The van der Waals surface area contributed by atoms with Crippen LogP contribution in [0.15, 0.2) is 36.4 Å². The molecule has 27 heavy (non-hydrogen) atoms. The van der Waals surface area contributed by atoms with Gasteiger partial charge in [-0.3, -0.25) is 10.1 Å². The number of hydrogen-bond acceptors (Lipinski definition) is 5. The zero-order chi connectivity index (χ0) is 19.6. The molecule has 2 aromatic carbocycles. The highest BCUT2D eigenvalue weighted by molar-refractivity contribution is 6.31. The molecule has 4 rings (SSSR count). The average molecular weight is 387 g/mol. The van der Waals surface area contributed by atoms with E-state index in [1.165, 1.54) is 6.07 Å². The zero-order valence-electron chi connectivity index (χ0n) is 15.4. The molecule has 6 nitrogen and oxygen atoms in total. The average Bonchev–Trinajstić information content (AvgIpc) is 2.79. The van der Waals surface area contributed by atoms with E-state index in [4.69, 9.17) is 21.1 Å². The van der Waals surface area contributed by atoms with Crippen LogP contribution in [0, 0.1) is 10.1 Å². The maximum absolute atomic E-state index is 11.6. The van der Waals surface area contributed by atoms with Gasteiger partial charge >= 0.3 is 5.69 Å². The summed E-state index contributed by atoms with van der Waals surface area (Å²) in [5.74, 6) is 0.983. The summed E-state index contributed by atoms with van der Waals surface area (Å²) in [4.78, 5) is 13.1. The van der Waals surface area contributed by atoms with Crippen LogP contribution in [0.1, 0.15) is 25.0 Å². The van der Waals surface area contributed by atoms with Crippen LogP contribution < -0.4 is 14.4 Å². The van der Waals surface area contributed by atoms with E-state index in [0.29, 0.717) is 10.6 Å². The number of benzene rings is 2. The van der Waals surface area contributed by atoms with Crippen molar-refractivity contribution in [3.05, 3.63) is 62.7 Å². The van der Waals surface area contributed by atoms with Crippen molar-refractivity contribution in [2.24, 2.45) is 0 Å². The van der Waals surface area contributed by atoms with Gasteiger partial charge in [-0.1, -0.05) is 11.6 Å². The molecule has 0 N–H and O–H groups in total. The van der Waals surface area contributed by atoms with E-state index in [1.54, 1.807) is 13.2 Å². The Kier molecular flexibility index (Phi) is 3.69. The Labute approximate surface area is 162 Å². The van der Waals surface area contributed by atoms with Gasteiger partial charge in [0.05, 0.1) is 17.4 Å². The van der Waals surface area contributed by atoms with Crippen molar-refractivity contribution in [2.75, 3.05) is 19.1 Å². The van der Waals surface area contributed by atoms with Crippen molar-refractivity contribution < 1.29 is 14.4 Å². The third-order valence-corrected chi connectivity index (χ3v) is 5.86. The number of rotatable bonds is 2. The highest BCUT2D eigenvalue weighted by Gasteiger charge is 2.58. The first-order chi connectivity index (χ1) is 12.7. The number of methoxy groups -OCH3 is 1. The molecule has 0 amide bonds. The first kappa shape index (κ1) is 17.7. The van der Waals surface area contributed by atoms with Crippen LogP contribution in [-0.2, 0) is 5.41 Å². The van der Waals surface area contributed by atoms with Crippen LogP contribution in [-0.4, -0.2) is 24.8 Å². The van der Waals surface area contributed by atoms with Crippen LogP contribution in [0.5, 0.6) is 11.5 Å². The fraction of sp³-hybridized carbons (Fsp3) is 0.300. The number of hydrogen-bond donors (Lipinski definition) is 0. The third-order valence-electron chi connectivity index (χ3n) is 5.64. The summed E-state index contributed by atoms with van der Waals surface area (Å²) in [6.45, 7) is 4.12. The minimum Gasteiger partial charge on any atom is -0.497 e. The van der Waals surface area contributed by atoms with E-state index in [2.05, 4.69) is 13.8 Å². The van der Waals surface area contributed by atoms with E-state index in [0.717, 1.165) is 17.0 Å². The molecule has 0 fully saturated rings. The molecule has 2 aromatic rings. The van der Waals surface area contributed by atoms with Crippen molar-refractivity contribution in [3.63, 3.8) is 0 Å². The van der Waals surface area contributed by atoms with Gasteiger partial charge in [0.1, 0.15) is 5.75 Å². The molecule has 0 radical (unpaired) electrons. The molecular formula is C20H19ClN2O4. The second-order valence-electron chi connectivity index (χ2n) is 7.30.